The summed E-state index contributed by atoms with van der Waals surface area (Å²) in [6, 6.07) is 16.0. The Balaban J connectivity index is 1.95. The number of rotatable bonds is 4. The van der Waals surface area contributed by atoms with Crippen LogP contribution in [0.4, 0.5) is 10.5 Å². The van der Waals surface area contributed by atoms with E-state index in [9.17, 15) is 4.79 Å². The maximum Gasteiger partial charge on any atom is 0.321 e. The molecule has 110 valence electrons. The Morgan fingerprint density at radius 1 is 1.19 bits per heavy atom. The third kappa shape index (κ3) is 4.53. The van der Waals surface area contributed by atoms with E-state index in [-0.39, 0.29) is 6.03 Å². The molecule has 0 fully saturated rings. The highest BCUT2D eigenvalue weighted by molar-refractivity contribution is 7.98. The van der Waals surface area contributed by atoms with Crippen molar-refractivity contribution in [1.82, 2.24) is 4.90 Å². The van der Waals surface area contributed by atoms with E-state index in [1.807, 2.05) is 31.2 Å². The highest BCUT2D eigenvalue weighted by Gasteiger charge is 2.09. The lowest BCUT2D eigenvalue weighted by atomic mass is 10.2. The Kier molecular flexibility index (Phi) is 5.28. The van der Waals surface area contributed by atoms with Crippen LogP contribution in [-0.2, 0) is 6.54 Å². The van der Waals surface area contributed by atoms with E-state index in [0.29, 0.717) is 6.54 Å². The molecule has 2 amide bonds. The molecule has 4 heteroatoms. The van der Waals surface area contributed by atoms with E-state index in [1.54, 1.807) is 23.7 Å². The minimum Gasteiger partial charge on any atom is -0.323 e. The monoisotopic (exact) mass is 300 g/mol. The molecular formula is C17H20N2OS. The Morgan fingerprint density at radius 2 is 1.90 bits per heavy atom. The molecule has 0 saturated heterocycles. The van der Waals surface area contributed by atoms with E-state index in [0.717, 1.165) is 16.8 Å². The number of nitrogens with zero attached hydrogens (tertiary/aromatic N) is 1. The van der Waals surface area contributed by atoms with Gasteiger partial charge >= 0.3 is 6.03 Å². The lowest BCUT2D eigenvalue weighted by molar-refractivity contribution is 0.220. The SMILES string of the molecule is CSc1ccc(CN(C)C(=O)Nc2cccc(C)c2)cc1. The molecule has 0 aromatic heterocycles. The van der Waals surface area contributed by atoms with Crippen LogP contribution in [0.1, 0.15) is 11.1 Å². The van der Waals surface area contributed by atoms with Crippen LogP contribution in [-0.4, -0.2) is 24.2 Å². The zero-order chi connectivity index (χ0) is 15.2. The van der Waals surface area contributed by atoms with Gasteiger partial charge in [-0.2, -0.15) is 0 Å². The number of hydrogen-bond acceptors (Lipinski definition) is 2. The Hall–Kier alpha value is -1.94. The van der Waals surface area contributed by atoms with E-state index in [1.165, 1.54) is 4.90 Å². The van der Waals surface area contributed by atoms with Gasteiger partial charge in [0.15, 0.2) is 0 Å². The summed E-state index contributed by atoms with van der Waals surface area (Å²) in [6.45, 7) is 2.60. The molecule has 0 spiro atoms. The van der Waals surface area contributed by atoms with Crippen LogP contribution >= 0.6 is 11.8 Å². The molecule has 0 aliphatic carbocycles. The fraction of sp³-hybridized carbons (Fsp3) is 0.235. The summed E-state index contributed by atoms with van der Waals surface area (Å²) in [5.41, 5.74) is 3.07. The van der Waals surface area contributed by atoms with Crippen molar-refractivity contribution >= 4 is 23.5 Å². The maximum atomic E-state index is 12.2. The quantitative estimate of drug-likeness (QED) is 0.850. The molecule has 21 heavy (non-hydrogen) atoms. The molecule has 0 radical (unpaired) electrons. The molecular weight excluding hydrogens is 280 g/mol. The van der Waals surface area contributed by atoms with Crippen LogP contribution in [0, 0.1) is 6.92 Å². The van der Waals surface area contributed by atoms with Crippen LogP contribution in [0.5, 0.6) is 0 Å². The second kappa shape index (κ2) is 7.18. The first-order valence-corrected chi connectivity index (χ1v) is 8.02. The summed E-state index contributed by atoms with van der Waals surface area (Å²) in [5.74, 6) is 0. The van der Waals surface area contributed by atoms with Gasteiger partial charge in [-0.1, -0.05) is 24.3 Å². The van der Waals surface area contributed by atoms with E-state index in [4.69, 9.17) is 0 Å². The second-order valence-corrected chi connectivity index (χ2v) is 5.88. The van der Waals surface area contributed by atoms with E-state index in [2.05, 4.69) is 35.8 Å². The molecule has 0 aliphatic rings. The van der Waals surface area contributed by atoms with E-state index < -0.39 is 0 Å². The molecule has 0 bridgehead atoms. The molecule has 1 N–H and O–H groups in total. The molecule has 0 atom stereocenters. The van der Waals surface area contributed by atoms with Gasteiger partial charge in [0, 0.05) is 24.2 Å². The summed E-state index contributed by atoms with van der Waals surface area (Å²) in [6.07, 6.45) is 2.05. The number of aryl methyl sites for hydroxylation is 1. The van der Waals surface area contributed by atoms with Crippen LogP contribution in [0.15, 0.2) is 53.4 Å². The zero-order valence-corrected chi connectivity index (χ0v) is 13.4. The van der Waals surface area contributed by atoms with Gasteiger partial charge in [-0.05, 0) is 48.6 Å². The van der Waals surface area contributed by atoms with Gasteiger partial charge in [0.25, 0.3) is 0 Å². The van der Waals surface area contributed by atoms with Gasteiger partial charge in [-0.15, -0.1) is 11.8 Å². The smallest absolute Gasteiger partial charge is 0.321 e. The molecule has 0 heterocycles. The van der Waals surface area contributed by atoms with Gasteiger partial charge in [-0.3, -0.25) is 0 Å². The summed E-state index contributed by atoms with van der Waals surface area (Å²) in [7, 11) is 1.80. The number of urea groups is 1. The van der Waals surface area contributed by atoms with Crippen molar-refractivity contribution < 1.29 is 4.79 Å². The number of carbonyl (C=O) groups is 1. The summed E-state index contributed by atoms with van der Waals surface area (Å²) in [4.78, 5) is 15.1. The van der Waals surface area contributed by atoms with Crippen molar-refractivity contribution in [2.45, 2.75) is 18.4 Å². The van der Waals surface area contributed by atoms with Crippen molar-refractivity contribution in [3.05, 3.63) is 59.7 Å². The summed E-state index contributed by atoms with van der Waals surface area (Å²) >= 11 is 1.71. The normalized spacial score (nSPS) is 10.2. The van der Waals surface area contributed by atoms with E-state index >= 15 is 0 Å². The highest BCUT2D eigenvalue weighted by Crippen LogP contribution is 2.16. The van der Waals surface area contributed by atoms with Crippen LogP contribution < -0.4 is 5.32 Å². The fourth-order valence-electron chi connectivity index (χ4n) is 2.02. The number of thioether (sulfide) groups is 1. The maximum absolute atomic E-state index is 12.2. The fourth-order valence-corrected chi connectivity index (χ4v) is 2.43. The number of carbonyl (C=O) groups excluding carboxylic acids is 1. The van der Waals surface area contributed by atoms with Gasteiger partial charge in [0.05, 0.1) is 0 Å². The number of benzene rings is 2. The Labute approximate surface area is 130 Å². The lowest BCUT2D eigenvalue weighted by Crippen LogP contribution is -2.30. The van der Waals surface area contributed by atoms with Crippen molar-refractivity contribution in [2.75, 3.05) is 18.6 Å². The topological polar surface area (TPSA) is 32.3 Å². The molecule has 2 aromatic carbocycles. The summed E-state index contributed by atoms with van der Waals surface area (Å²) in [5, 5.41) is 2.91. The molecule has 2 aromatic rings. The van der Waals surface area contributed by atoms with Crippen molar-refractivity contribution in [3.63, 3.8) is 0 Å². The van der Waals surface area contributed by atoms with Crippen LogP contribution in [0.3, 0.4) is 0 Å². The minimum atomic E-state index is -0.102. The molecule has 0 aliphatic heterocycles. The van der Waals surface area contributed by atoms with Crippen molar-refractivity contribution in [2.24, 2.45) is 0 Å². The van der Waals surface area contributed by atoms with Crippen LogP contribution in [0.25, 0.3) is 0 Å². The third-order valence-corrected chi connectivity index (χ3v) is 3.94. The largest absolute Gasteiger partial charge is 0.323 e. The third-order valence-electron chi connectivity index (χ3n) is 3.19. The van der Waals surface area contributed by atoms with Crippen molar-refractivity contribution in [3.8, 4) is 0 Å². The first-order chi connectivity index (χ1) is 10.1. The van der Waals surface area contributed by atoms with Gasteiger partial charge in [0.2, 0.25) is 0 Å². The van der Waals surface area contributed by atoms with Gasteiger partial charge in [0.1, 0.15) is 0 Å². The average Bonchev–Trinajstić information content (AvgIpc) is 2.48. The highest BCUT2D eigenvalue weighted by atomic mass is 32.2. The van der Waals surface area contributed by atoms with Crippen molar-refractivity contribution in [1.29, 1.82) is 0 Å². The number of nitrogens with one attached hydrogen (secondary N) is 1. The molecule has 0 saturated carbocycles. The first kappa shape index (κ1) is 15.4. The Morgan fingerprint density at radius 3 is 2.52 bits per heavy atom. The zero-order valence-electron chi connectivity index (χ0n) is 12.6. The van der Waals surface area contributed by atoms with Gasteiger partial charge in [-0.25, -0.2) is 4.79 Å². The minimum absolute atomic E-state index is 0.102. The lowest BCUT2D eigenvalue weighted by Gasteiger charge is -2.18. The Bertz CT molecular complexity index is 610. The van der Waals surface area contributed by atoms with Crippen LogP contribution in [0.2, 0.25) is 0 Å². The number of anilines is 1. The standard InChI is InChI=1S/C17H20N2OS/c1-13-5-4-6-15(11-13)18-17(20)19(2)12-14-7-9-16(21-3)10-8-14/h4-11H,12H2,1-3H3,(H,18,20). The predicted molar refractivity (Wildman–Crippen MR) is 89.9 cm³/mol. The first-order valence-electron chi connectivity index (χ1n) is 6.80. The molecule has 3 nitrogen and oxygen atoms in total. The number of amides is 2. The number of hydrogen-bond donors (Lipinski definition) is 1. The molecule has 2 rings (SSSR count). The molecule has 0 unspecified atom stereocenters. The summed E-state index contributed by atoms with van der Waals surface area (Å²) < 4.78 is 0. The second-order valence-electron chi connectivity index (χ2n) is 5.00. The predicted octanol–water partition coefficient (Wildman–Crippen LogP) is 4.38. The average molecular weight is 300 g/mol. The van der Waals surface area contributed by atoms with Gasteiger partial charge < -0.3 is 10.2 Å².